The van der Waals surface area contributed by atoms with E-state index in [9.17, 15) is 0 Å². The summed E-state index contributed by atoms with van der Waals surface area (Å²) in [4.78, 5) is 14.9. The zero-order valence-corrected chi connectivity index (χ0v) is 24.2. The average molecular weight is 533 g/mol. The molecule has 0 atom stereocenters. The molecule has 3 heterocycles. The van der Waals surface area contributed by atoms with Crippen LogP contribution in [0.3, 0.4) is 0 Å². The van der Waals surface area contributed by atoms with Gasteiger partial charge in [0.15, 0.2) is 5.65 Å². The van der Waals surface area contributed by atoms with Crippen LogP contribution in [-0.2, 0) is 13.0 Å². The van der Waals surface area contributed by atoms with Crippen molar-refractivity contribution >= 4 is 42.1 Å². The number of hydrogen-bond donors (Lipinski definition) is 0. The number of pyridine rings is 1. The summed E-state index contributed by atoms with van der Waals surface area (Å²) in [7, 11) is 0. The summed E-state index contributed by atoms with van der Waals surface area (Å²) < 4.78 is 2.28. The van der Waals surface area contributed by atoms with Crippen molar-refractivity contribution in [3.8, 4) is 0 Å². The molecule has 0 radical (unpaired) electrons. The van der Waals surface area contributed by atoms with E-state index in [-0.39, 0.29) is 24.8 Å². The van der Waals surface area contributed by atoms with Gasteiger partial charge in [-0.3, -0.25) is 4.90 Å². The summed E-state index contributed by atoms with van der Waals surface area (Å²) in [5.74, 6) is 1.90. The molecular formula is C29H43Cl2N5. The Morgan fingerprint density at radius 3 is 2.25 bits per heavy atom. The molecule has 0 aliphatic carbocycles. The van der Waals surface area contributed by atoms with Crippen molar-refractivity contribution in [2.75, 3.05) is 39.3 Å². The molecule has 0 bridgehead atoms. The van der Waals surface area contributed by atoms with Crippen LogP contribution >= 0.6 is 24.8 Å². The second kappa shape index (κ2) is 14.1. The van der Waals surface area contributed by atoms with E-state index in [1.54, 1.807) is 0 Å². The van der Waals surface area contributed by atoms with Crippen LogP contribution in [-0.4, -0.2) is 63.6 Å². The van der Waals surface area contributed by atoms with E-state index >= 15 is 0 Å². The number of imidazole rings is 1. The third-order valence-corrected chi connectivity index (χ3v) is 6.90. The number of fused-ring (bicyclic) bond motifs is 1. The van der Waals surface area contributed by atoms with E-state index in [2.05, 4.69) is 91.5 Å². The maximum Gasteiger partial charge on any atom is 0.160 e. The monoisotopic (exact) mass is 531 g/mol. The molecule has 0 unspecified atom stereocenters. The molecule has 1 fully saturated rings. The van der Waals surface area contributed by atoms with E-state index in [1.807, 2.05) is 0 Å². The molecule has 3 aromatic rings. The molecule has 7 heteroatoms. The fourth-order valence-corrected chi connectivity index (χ4v) is 4.78. The minimum Gasteiger partial charge on any atom is -0.308 e. The summed E-state index contributed by atoms with van der Waals surface area (Å²) in [6.45, 7) is 18.8. The third kappa shape index (κ3) is 7.79. The van der Waals surface area contributed by atoms with Gasteiger partial charge in [-0.05, 0) is 55.5 Å². The maximum atomic E-state index is 4.87. The van der Waals surface area contributed by atoms with Gasteiger partial charge in [0.2, 0.25) is 0 Å². The third-order valence-electron chi connectivity index (χ3n) is 6.90. The minimum atomic E-state index is 0. The predicted molar refractivity (Wildman–Crippen MR) is 158 cm³/mol. The molecule has 0 spiro atoms. The molecule has 1 saturated heterocycles. The Kier molecular flexibility index (Phi) is 11.9. The maximum absolute atomic E-state index is 4.87. The molecule has 0 N–H and O–H groups in total. The summed E-state index contributed by atoms with van der Waals surface area (Å²) in [6, 6.07) is 11.0. The van der Waals surface area contributed by atoms with Crippen LogP contribution in [0.2, 0.25) is 0 Å². The number of rotatable bonds is 9. The van der Waals surface area contributed by atoms with Crippen molar-refractivity contribution in [3.63, 3.8) is 0 Å². The zero-order valence-electron chi connectivity index (χ0n) is 22.5. The molecule has 2 aromatic heterocycles. The van der Waals surface area contributed by atoms with Crippen molar-refractivity contribution in [1.82, 2.24) is 24.3 Å². The number of hydrogen-bond acceptors (Lipinski definition) is 4. The number of benzene rings is 1. The molecule has 4 rings (SSSR count). The first-order valence-electron chi connectivity index (χ1n) is 13.0. The minimum absolute atomic E-state index is 0. The van der Waals surface area contributed by atoms with Gasteiger partial charge in [0, 0.05) is 44.8 Å². The van der Waals surface area contributed by atoms with Crippen LogP contribution in [0, 0.1) is 19.8 Å². The Morgan fingerprint density at radius 1 is 0.944 bits per heavy atom. The number of nitrogens with zero attached hydrogens (tertiary/aromatic N) is 5. The Hall–Kier alpha value is -1.92. The molecule has 198 valence electrons. The van der Waals surface area contributed by atoms with Gasteiger partial charge in [-0.25, -0.2) is 9.97 Å². The smallest absolute Gasteiger partial charge is 0.160 e. The van der Waals surface area contributed by atoms with Crippen LogP contribution in [0.25, 0.3) is 17.2 Å². The van der Waals surface area contributed by atoms with Crippen LogP contribution in [0.4, 0.5) is 0 Å². The second-order valence-electron chi connectivity index (χ2n) is 10.2. The van der Waals surface area contributed by atoms with Crippen molar-refractivity contribution < 1.29 is 0 Å². The van der Waals surface area contributed by atoms with E-state index in [0.717, 1.165) is 48.1 Å². The first-order chi connectivity index (χ1) is 16.4. The van der Waals surface area contributed by atoms with Crippen LogP contribution in [0.1, 0.15) is 55.4 Å². The van der Waals surface area contributed by atoms with Gasteiger partial charge in [0.1, 0.15) is 11.3 Å². The summed E-state index contributed by atoms with van der Waals surface area (Å²) in [5, 5.41) is 0. The molecular weight excluding hydrogens is 489 g/mol. The lowest BCUT2D eigenvalue weighted by molar-refractivity contribution is 0.138. The number of aromatic nitrogens is 3. The lowest BCUT2D eigenvalue weighted by Gasteiger charge is -2.34. The lowest BCUT2D eigenvalue weighted by atomic mass is 10.1. The van der Waals surface area contributed by atoms with Crippen molar-refractivity contribution in [2.45, 2.75) is 54.0 Å². The predicted octanol–water partition coefficient (Wildman–Crippen LogP) is 6.18. The fraction of sp³-hybridized carbons (Fsp3) is 0.517. The van der Waals surface area contributed by atoms with Gasteiger partial charge in [-0.1, -0.05) is 57.2 Å². The second-order valence-corrected chi connectivity index (χ2v) is 10.2. The van der Waals surface area contributed by atoms with E-state index in [0.29, 0.717) is 0 Å². The standard InChI is InChI=1S/C29H41N5.2ClH/c1-6-27-31-28-23(4)20-24(5)30-29(28)34(27)21-26-11-9-25(10-12-26)8-7-14-32-16-18-33(19-17-32)15-13-22(2)3;;/h7-12,20,22H,6,13-19,21H2,1-5H3;2*1H/b8-7+;;. The molecule has 1 aliphatic rings. The number of aryl methyl sites for hydroxylation is 3. The highest BCUT2D eigenvalue weighted by Gasteiger charge is 2.16. The van der Waals surface area contributed by atoms with Gasteiger partial charge in [0.05, 0.1) is 6.54 Å². The first-order valence-corrected chi connectivity index (χ1v) is 13.0. The van der Waals surface area contributed by atoms with Crippen molar-refractivity contribution in [1.29, 1.82) is 0 Å². The van der Waals surface area contributed by atoms with Crippen LogP contribution < -0.4 is 0 Å². The van der Waals surface area contributed by atoms with Crippen molar-refractivity contribution in [2.24, 2.45) is 5.92 Å². The fourth-order valence-electron chi connectivity index (χ4n) is 4.78. The zero-order chi connectivity index (χ0) is 24.1. The Balaban J connectivity index is 0.00000228. The Labute approximate surface area is 229 Å². The highest BCUT2D eigenvalue weighted by molar-refractivity contribution is 5.85. The summed E-state index contributed by atoms with van der Waals surface area (Å²) in [6.07, 6.45) is 6.78. The molecule has 5 nitrogen and oxygen atoms in total. The quantitative estimate of drug-likeness (QED) is 0.330. The topological polar surface area (TPSA) is 37.2 Å². The van der Waals surface area contributed by atoms with Gasteiger partial charge < -0.3 is 9.47 Å². The molecule has 36 heavy (non-hydrogen) atoms. The molecule has 0 saturated carbocycles. The number of halogens is 2. The Bertz CT molecular complexity index is 1110. The van der Waals surface area contributed by atoms with Gasteiger partial charge >= 0.3 is 0 Å². The first kappa shape index (κ1) is 30.3. The van der Waals surface area contributed by atoms with Gasteiger partial charge in [-0.15, -0.1) is 24.8 Å². The van der Waals surface area contributed by atoms with E-state index in [4.69, 9.17) is 9.97 Å². The largest absolute Gasteiger partial charge is 0.308 e. The average Bonchev–Trinajstić information content (AvgIpc) is 3.17. The molecule has 1 aliphatic heterocycles. The summed E-state index contributed by atoms with van der Waals surface area (Å²) >= 11 is 0. The van der Waals surface area contributed by atoms with Crippen molar-refractivity contribution in [3.05, 3.63) is 64.6 Å². The SMILES string of the molecule is CCc1nc2c(C)cc(C)nc2n1Cc1ccc(/C=C/CN2CCN(CCC(C)C)CC2)cc1.Cl.Cl. The molecule has 0 amide bonds. The van der Waals surface area contributed by atoms with Gasteiger partial charge in [0.25, 0.3) is 0 Å². The lowest BCUT2D eigenvalue weighted by Crippen LogP contribution is -2.46. The van der Waals surface area contributed by atoms with Gasteiger partial charge in [-0.2, -0.15) is 0 Å². The van der Waals surface area contributed by atoms with Crippen LogP contribution in [0.5, 0.6) is 0 Å². The van der Waals surface area contributed by atoms with E-state index < -0.39 is 0 Å². The highest BCUT2D eigenvalue weighted by Crippen LogP contribution is 2.21. The highest BCUT2D eigenvalue weighted by atomic mass is 35.5. The van der Waals surface area contributed by atoms with Crippen LogP contribution in [0.15, 0.2) is 36.4 Å². The Morgan fingerprint density at radius 2 is 1.61 bits per heavy atom. The van der Waals surface area contributed by atoms with E-state index in [1.165, 1.54) is 55.8 Å². The normalized spacial score (nSPS) is 14.9. The summed E-state index contributed by atoms with van der Waals surface area (Å²) in [5.41, 5.74) is 6.82. The molecule has 1 aromatic carbocycles. The number of piperazine rings is 1.